The number of ether oxygens (including phenoxy) is 3. The predicted molar refractivity (Wildman–Crippen MR) is 81.2 cm³/mol. The fraction of sp³-hybridized carbons (Fsp3) is 0.571. The van der Waals surface area contributed by atoms with E-state index in [0.717, 1.165) is 43.1 Å². The summed E-state index contributed by atoms with van der Waals surface area (Å²) >= 11 is 0. The van der Waals surface area contributed by atoms with Crippen LogP contribution in [0.2, 0.25) is 0 Å². The van der Waals surface area contributed by atoms with Crippen LogP contribution in [0.15, 0.2) is 12.1 Å². The second-order valence-corrected chi connectivity index (χ2v) is 4.80. The zero-order valence-electron chi connectivity index (χ0n) is 12.2. The number of hydrogen-bond donors (Lipinski definition) is 1. The predicted octanol–water partition coefficient (Wildman–Crippen LogP) is 1.67. The number of rotatable bonds is 5. The first kappa shape index (κ1) is 16.9. The third-order valence-electron chi connectivity index (χ3n) is 3.49. The monoisotopic (exact) mass is 302 g/mol. The molecular formula is C14H23ClN2O3. The number of hydrogen-bond acceptors (Lipinski definition) is 5. The molecule has 1 aliphatic heterocycles. The van der Waals surface area contributed by atoms with Crippen LogP contribution < -0.4 is 19.9 Å². The molecule has 2 N–H and O–H groups in total. The standard InChI is InChI=1S/C14H22N2O3.ClH/c1-17-12-7-14(19-3)13(18-2)6-10(12)8-16-5-4-11(15)9-16;/h6-7,11H,4-5,8-9,15H2,1-3H3;1H. The third-order valence-corrected chi connectivity index (χ3v) is 3.49. The largest absolute Gasteiger partial charge is 0.496 e. The highest BCUT2D eigenvalue weighted by molar-refractivity contribution is 5.85. The minimum absolute atomic E-state index is 0. The molecule has 5 nitrogen and oxygen atoms in total. The van der Waals surface area contributed by atoms with Crippen LogP contribution in [0.3, 0.4) is 0 Å². The van der Waals surface area contributed by atoms with Crippen LogP contribution >= 0.6 is 12.4 Å². The molecule has 1 saturated heterocycles. The first-order chi connectivity index (χ1) is 9.17. The van der Waals surface area contributed by atoms with Gasteiger partial charge in [0.15, 0.2) is 11.5 Å². The van der Waals surface area contributed by atoms with Gasteiger partial charge in [0.2, 0.25) is 0 Å². The fourth-order valence-electron chi connectivity index (χ4n) is 2.46. The zero-order valence-corrected chi connectivity index (χ0v) is 13.0. The van der Waals surface area contributed by atoms with E-state index in [1.807, 2.05) is 12.1 Å². The van der Waals surface area contributed by atoms with Crippen molar-refractivity contribution in [1.29, 1.82) is 0 Å². The van der Waals surface area contributed by atoms with Gasteiger partial charge in [0.05, 0.1) is 21.3 Å². The molecule has 0 aromatic heterocycles. The molecule has 1 fully saturated rings. The second kappa shape index (κ2) is 7.57. The highest BCUT2D eigenvalue weighted by atomic mass is 35.5. The summed E-state index contributed by atoms with van der Waals surface area (Å²) in [5.41, 5.74) is 7.03. The Kier molecular flexibility index (Phi) is 6.39. The van der Waals surface area contributed by atoms with Crippen LogP contribution in [0.5, 0.6) is 17.2 Å². The quantitative estimate of drug-likeness (QED) is 0.896. The van der Waals surface area contributed by atoms with Crippen molar-refractivity contribution in [2.75, 3.05) is 34.4 Å². The first-order valence-corrected chi connectivity index (χ1v) is 6.44. The molecule has 0 spiro atoms. The number of halogens is 1. The van der Waals surface area contributed by atoms with Crippen molar-refractivity contribution in [3.8, 4) is 17.2 Å². The van der Waals surface area contributed by atoms with E-state index in [1.54, 1.807) is 21.3 Å². The summed E-state index contributed by atoms with van der Waals surface area (Å²) in [5.74, 6) is 2.22. The Labute approximate surface area is 126 Å². The number of likely N-dealkylation sites (tertiary alicyclic amines) is 1. The molecule has 2 rings (SSSR count). The van der Waals surface area contributed by atoms with Crippen molar-refractivity contribution < 1.29 is 14.2 Å². The van der Waals surface area contributed by atoms with Gasteiger partial charge in [-0.15, -0.1) is 12.4 Å². The Bertz CT molecular complexity index is 443. The van der Waals surface area contributed by atoms with Gasteiger partial charge >= 0.3 is 0 Å². The lowest BCUT2D eigenvalue weighted by molar-refractivity contribution is 0.311. The highest BCUT2D eigenvalue weighted by Gasteiger charge is 2.21. The first-order valence-electron chi connectivity index (χ1n) is 6.44. The van der Waals surface area contributed by atoms with Gasteiger partial charge in [-0.05, 0) is 12.5 Å². The lowest BCUT2D eigenvalue weighted by Crippen LogP contribution is -2.26. The molecule has 0 bridgehead atoms. The van der Waals surface area contributed by atoms with Gasteiger partial charge in [-0.3, -0.25) is 4.90 Å². The minimum atomic E-state index is 0. The van der Waals surface area contributed by atoms with E-state index in [4.69, 9.17) is 19.9 Å². The number of nitrogens with two attached hydrogens (primary N) is 1. The molecule has 1 heterocycles. The second-order valence-electron chi connectivity index (χ2n) is 4.80. The van der Waals surface area contributed by atoms with Crippen molar-refractivity contribution in [2.24, 2.45) is 5.73 Å². The molecule has 0 radical (unpaired) electrons. The van der Waals surface area contributed by atoms with E-state index in [2.05, 4.69) is 4.90 Å². The molecule has 1 aromatic carbocycles. The van der Waals surface area contributed by atoms with Crippen molar-refractivity contribution in [3.05, 3.63) is 17.7 Å². The zero-order chi connectivity index (χ0) is 13.8. The van der Waals surface area contributed by atoms with Crippen LogP contribution in [0.4, 0.5) is 0 Å². The van der Waals surface area contributed by atoms with E-state index in [-0.39, 0.29) is 18.4 Å². The van der Waals surface area contributed by atoms with E-state index in [1.165, 1.54) is 0 Å². The van der Waals surface area contributed by atoms with Crippen LogP contribution in [-0.4, -0.2) is 45.4 Å². The Morgan fingerprint density at radius 3 is 2.20 bits per heavy atom. The van der Waals surface area contributed by atoms with Crippen molar-refractivity contribution in [1.82, 2.24) is 4.90 Å². The summed E-state index contributed by atoms with van der Waals surface area (Å²) in [6.07, 6.45) is 1.05. The van der Waals surface area contributed by atoms with E-state index in [9.17, 15) is 0 Å². The lowest BCUT2D eigenvalue weighted by Gasteiger charge is -2.19. The summed E-state index contributed by atoms with van der Waals surface area (Å²) < 4.78 is 16.1. The molecule has 0 aliphatic carbocycles. The van der Waals surface area contributed by atoms with Crippen LogP contribution in [-0.2, 0) is 6.54 Å². The van der Waals surface area contributed by atoms with E-state index >= 15 is 0 Å². The Morgan fingerprint density at radius 2 is 1.70 bits per heavy atom. The van der Waals surface area contributed by atoms with Crippen molar-refractivity contribution >= 4 is 12.4 Å². The molecule has 20 heavy (non-hydrogen) atoms. The minimum Gasteiger partial charge on any atom is -0.496 e. The van der Waals surface area contributed by atoms with Gasteiger partial charge in [-0.2, -0.15) is 0 Å². The van der Waals surface area contributed by atoms with Gasteiger partial charge in [-0.25, -0.2) is 0 Å². The van der Waals surface area contributed by atoms with Gasteiger partial charge in [-0.1, -0.05) is 0 Å². The molecule has 1 aromatic rings. The smallest absolute Gasteiger partial charge is 0.164 e. The van der Waals surface area contributed by atoms with Gasteiger partial charge in [0, 0.05) is 37.3 Å². The van der Waals surface area contributed by atoms with Crippen molar-refractivity contribution in [2.45, 2.75) is 19.0 Å². The number of methoxy groups -OCH3 is 3. The fourth-order valence-corrected chi connectivity index (χ4v) is 2.46. The molecule has 0 saturated carbocycles. The average molecular weight is 303 g/mol. The maximum Gasteiger partial charge on any atom is 0.164 e. The lowest BCUT2D eigenvalue weighted by atomic mass is 10.1. The third kappa shape index (κ3) is 3.69. The molecule has 1 atom stereocenters. The maximum absolute atomic E-state index is 5.93. The van der Waals surface area contributed by atoms with E-state index in [0.29, 0.717) is 5.75 Å². The summed E-state index contributed by atoms with van der Waals surface area (Å²) in [5, 5.41) is 0. The summed E-state index contributed by atoms with van der Waals surface area (Å²) in [6.45, 7) is 2.77. The number of benzene rings is 1. The molecule has 1 aliphatic rings. The molecule has 1 unspecified atom stereocenters. The number of nitrogens with zero attached hydrogens (tertiary/aromatic N) is 1. The molecular weight excluding hydrogens is 280 g/mol. The van der Waals surface area contributed by atoms with Crippen LogP contribution in [0, 0.1) is 0 Å². The molecule has 0 amide bonds. The summed E-state index contributed by atoms with van der Waals surface area (Å²) in [7, 11) is 4.93. The van der Waals surface area contributed by atoms with Crippen LogP contribution in [0.25, 0.3) is 0 Å². The summed E-state index contributed by atoms with van der Waals surface area (Å²) in [6, 6.07) is 4.12. The normalized spacial score (nSPS) is 18.5. The van der Waals surface area contributed by atoms with Crippen LogP contribution in [0.1, 0.15) is 12.0 Å². The Hall–Kier alpha value is -1.17. The van der Waals surface area contributed by atoms with Crippen molar-refractivity contribution in [3.63, 3.8) is 0 Å². The van der Waals surface area contributed by atoms with Gasteiger partial charge in [0.25, 0.3) is 0 Å². The van der Waals surface area contributed by atoms with Gasteiger partial charge in [0.1, 0.15) is 5.75 Å². The summed E-state index contributed by atoms with van der Waals surface area (Å²) in [4.78, 5) is 2.33. The van der Waals surface area contributed by atoms with Gasteiger partial charge < -0.3 is 19.9 Å². The Morgan fingerprint density at radius 1 is 1.10 bits per heavy atom. The molecule has 114 valence electrons. The molecule has 6 heteroatoms. The highest BCUT2D eigenvalue weighted by Crippen LogP contribution is 2.35. The Balaban J connectivity index is 0.00000200. The SMILES string of the molecule is COc1cc(OC)c(OC)cc1CN1CCC(N)C1.Cl. The van der Waals surface area contributed by atoms with E-state index < -0.39 is 0 Å². The topological polar surface area (TPSA) is 57.0 Å². The average Bonchev–Trinajstić information content (AvgIpc) is 2.83. The maximum atomic E-state index is 5.93.